The Morgan fingerprint density at radius 3 is 2.94 bits per heavy atom. The van der Waals surface area contributed by atoms with Gasteiger partial charge in [0.05, 0.1) is 0 Å². The van der Waals surface area contributed by atoms with E-state index in [0.29, 0.717) is 24.7 Å². The highest BCUT2D eigenvalue weighted by molar-refractivity contribution is 7.12. The molecule has 3 heteroatoms. The molecule has 2 rings (SSSR count). The molecule has 1 aromatic heterocycles. The van der Waals surface area contributed by atoms with Gasteiger partial charge in [0.2, 0.25) is 0 Å². The number of carbonyl (C=O) groups excluding carboxylic acids is 1. The Balaban J connectivity index is 1.81. The molecule has 1 aromatic rings. The molecule has 1 saturated heterocycles. The summed E-state index contributed by atoms with van der Waals surface area (Å²) in [6.07, 6.45) is 4.79. The van der Waals surface area contributed by atoms with Crippen LogP contribution in [-0.4, -0.2) is 18.4 Å². The lowest BCUT2D eigenvalue weighted by atomic mass is 10.1. The Bertz CT molecular complexity index is 353. The zero-order valence-corrected chi connectivity index (χ0v) is 10.6. The number of hydrogen-bond acceptors (Lipinski definition) is 3. The second kappa shape index (κ2) is 5.60. The van der Waals surface area contributed by atoms with Gasteiger partial charge in [0.15, 0.2) is 0 Å². The van der Waals surface area contributed by atoms with Crippen molar-refractivity contribution < 1.29 is 4.79 Å². The van der Waals surface area contributed by atoms with Gasteiger partial charge in [-0.05, 0) is 37.9 Å². The maximum Gasteiger partial charge on any atom is 0.139 e. The molecule has 0 aliphatic carbocycles. The molecule has 1 aliphatic heterocycles. The van der Waals surface area contributed by atoms with E-state index in [1.165, 1.54) is 16.2 Å². The molecule has 1 atom stereocenters. The van der Waals surface area contributed by atoms with Gasteiger partial charge in [0.25, 0.3) is 0 Å². The van der Waals surface area contributed by atoms with Crippen LogP contribution >= 0.6 is 11.3 Å². The van der Waals surface area contributed by atoms with E-state index in [4.69, 9.17) is 0 Å². The molecule has 0 amide bonds. The number of rotatable bonds is 5. The smallest absolute Gasteiger partial charge is 0.139 e. The first kappa shape index (κ1) is 11.8. The molecule has 1 unspecified atom stereocenters. The summed E-state index contributed by atoms with van der Waals surface area (Å²) in [4.78, 5) is 14.4. The van der Waals surface area contributed by atoms with Crippen molar-refractivity contribution in [2.24, 2.45) is 0 Å². The summed E-state index contributed by atoms with van der Waals surface area (Å²) in [6, 6.07) is 4.68. The first-order valence-electron chi connectivity index (χ1n) is 6.10. The largest absolute Gasteiger partial charge is 0.314 e. The third-order valence-electron chi connectivity index (χ3n) is 3.07. The number of thiophene rings is 1. The lowest BCUT2D eigenvalue weighted by Gasteiger charge is -2.07. The Morgan fingerprint density at radius 1 is 1.50 bits per heavy atom. The van der Waals surface area contributed by atoms with Crippen LogP contribution in [0.15, 0.2) is 12.1 Å². The van der Waals surface area contributed by atoms with E-state index in [9.17, 15) is 4.79 Å². The highest BCUT2D eigenvalue weighted by atomic mass is 32.1. The molecule has 88 valence electrons. The molecule has 0 radical (unpaired) electrons. The Hall–Kier alpha value is -0.670. The Kier molecular flexibility index (Phi) is 4.13. The van der Waals surface area contributed by atoms with Crippen molar-refractivity contribution in [1.29, 1.82) is 0 Å². The fourth-order valence-electron chi connectivity index (χ4n) is 2.18. The molecule has 16 heavy (non-hydrogen) atoms. The second-order valence-corrected chi connectivity index (χ2v) is 5.69. The molecular formula is C13H19NOS. The van der Waals surface area contributed by atoms with Crippen LogP contribution in [-0.2, 0) is 17.6 Å². The van der Waals surface area contributed by atoms with Crippen molar-refractivity contribution in [2.45, 2.75) is 45.1 Å². The molecule has 2 nitrogen and oxygen atoms in total. The van der Waals surface area contributed by atoms with E-state index < -0.39 is 0 Å². The summed E-state index contributed by atoms with van der Waals surface area (Å²) in [6.45, 7) is 3.23. The normalized spacial score (nSPS) is 20.2. The van der Waals surface area contributed by atoms with Crippen molar-refractivity contribution in [3.63, 3.8) is 0 Å². The summed E-state index contributed by atoms with van der Waals surface area (Å²) in [5.74, 6) is 0.379. The van der Waals surface area contributed by atoms with Crippen LogP contribution in [0.5, 0.6) is 0 Å². The first-order chi connectivity index (χ1) is 7.78. The van der Waals surface area contributed by atoms with Gasteiger partial charge in [-0.15, -0.1) is 11.3 Å². The van der Waals surface area contributed by atoms with Crippen molar-refractivity contribution in [3.8, 4) is 0 Å². The van der Waals surface area contributed by atoms with Crippen LogP contribution in [0, 0.1) is 0 Å². The predicted octanol–water partition coefficient (Wildman–Crippen LogP) is 2.56. The lowest BCUT2D eigenvalue weighted by Crippen LogP contribution is -2.25. The second-order valence-electron chi connectivity index (χ2n) is 4.43. The van der Waals surface area contributed by atoms with Crippen LogP contribution < -0.4 is 5.32 Å². The van der Waals surface area contributed by atoms with E-state index in [2.05, 4.69) is 24.4 Å². The third-order valence-corrected chi connectivity index (χ3v) is 4.30. The fraction of sp³-hybridized carbons (Fsp3) is 0.615. The van der Waals surface area contributed by atoms with Crippen molar-refractivity contribution in [3.05, 3.63) is 21.9 Å². The minimum absolute atomic E-state index is 0.379. The molecule has 1 N–H and O–H groups in total. The average molecular weight is 237 g/mol. The van der Waals surface area contributed by atoms with Crippen LogP contribution in [0.1, 0.15) is 35.9 Å². The number of Topliss-reactive ketones (excluding diaryl/α,β-unsaturated/α-hetero) is 1. The topological polar surface area (TPSA) is 29.1 Å². The van der Waals surface area contributed by atoms with Gasteiger partial charge < -0.3 is 5.32 Å². The minimum atomic E-state index is 0.379. The van der Waals surface area contributed by atoms with Gasteiger partial charge in [-0.3, -0.25) is 4.79 Å². The van der Waals surface area contributed by atoms with Gasteiger partial charge in [-0.2, -0.15) is 0 Å². The molecule has 0 saturated carbocycles. The summed E-state index contributed by atoms with van der Waals surface area (Å²) in [7, 11) is 0. The third kappa shape index (κ3) is 3.16. The zero-order valence-electron chi connectivity index (χ0n) is 9.79. The quantitative estimate of drug-likeness (QED) is 0.852. The monoisotopic (exact) mass is 237 g/mol. The van der Waals surface area contributed by atoms with Gasteiger partial charge in [0, 0.05) is 28.6 Å². The number of carbonyl (C=O) groups is 1. The summed E-state index contributed by atoms with van der Waals surface area (Å²) in [5.41, 5.74) is 0. The molecule has 2 heterocycles. The average Bonchev–Trinajstić information content (AvgIpc) is 2.89. The highest BCUT2D eigenvalue weighted by Crippen LogP contribution is 2.19. The highest BCUT2D eigenvalue weighted by Gasteiger charge is 2.17. The number of aryl methyl sites for hydroxylation is 1. The summed E-state index contributed by atoms with van der Waals surface area (Å²) >= 11 is 1.78. The molecular weight excluding hydrogens is 218 g/mol. The molecule has 0 aromatic carbocycles. The maximum atomic E-state index is 11.8. The Morgan fingerprint density at radius 2 is 2.31 bits per heavy atom. The van der Waals surface area contributed by atoms with Gasteiger partial charge in [0.1, 0.15) is 5.78 Å². The predicted molar refractivity (Wildman–Crippen MR) is 68.0 cm³/mol. The van der Waals surface area contributed by atoms with Crippen molar-refractivity contribution >= 4 is 17.1 Å². The van der Waals surface area contributed by atoms with E-state index in [-0.39, 0.29) is 0 Å². The van der Waals surface area contributed by atoms with Gasteiger partial charge in [-0.1, -0.05) is 6.92 Å². The number of hydrogen-bond donors (Lipinski definition) is 1. The van der Waals surface area contributed by atoms with Crippen LogP contribution in [0.3, 0.4) is 0 Å². The summed E-state index contributed by atoms with van der Waals surface area (Å²) < 4.78 is 0. The zero-order chi connectivity index (χ0) is 11.4. The first-order valence-corrected chi connectivity index (χ1v) is 6.92. The molecule has 0 spiro atoms. The lowest BCUT2D eigenvalue weighted by molar-refractivity contribution is -0.118. The standard InChI is InChI=1S/C13H19NOS/c1-2-12-5-6-13(16-12)9-11(15)8-10-4-3-7-14-10/h5-6,10,14H,2-4,7-9H2,1H3. The SMILES string of the molecule is CCc1ccc(CC(=O)CC2CCCN2)s1. The molecule has 0 bridgehead atoms. The Labute approximate surface area is 101 Å². The van der Waals surface area contributed by atoms with Gasteiger partial charge in [-0.25, -0.2) is 0 Å². The minimum Gasteiger partial charge on any atom is -0.314 e. The van der Waals surface area contributed by atoms with Crippen LogP contribution in [0.4, 0.5) is 0 Å². The molecule has 1 aliphatic rings. The number of nitrogens with one attached hydrogen (secondary N) is 1. The summed E-state index contributed by atoms with van der Waals surface area (Å²) in [5, 5.41) is 3.37. The van der Waals surface area contributed by atoms with E-state index >= 15 is 0 Å². The van der Waals surface area contributed by atoms with Crippen LogP contribution in [0.25, 0.3) is 0 Å². The fourth-order valence-corrected chi connectivity index (χ4v) is 3.17. The molecule has 1 fully saturated rings. The van der Waals surface area contributed by atoms with Gasteiger partial charge >= 0.3 is 0 Å². The van der Waals surface area contributed by atoms with E-state index in [1.807, 2.05) is 0 Å². The van der Waals surface area contributed by atoms with E-state index in [0.717, 1.165) is 19.4 Å². The van der Waals surface area contributed by atoms with Crippen molar-refractivity contribution in [1.82, 2.24) is 5.32 Å². The maximum absolute atomic E-state index is 11.8. The van der Waals surface area contributed by atoms with Crippen LogP contribution in [0.2, 0.25) is 0 Å². The van der Waals surface area contributed by atoms with E-state index in [1.54, 1.807) is 11.3 Å². The number of ketones is 1. The van der Waals surface area contributed by atoms with Crippen molar-refractivity contribution in [2.75, 3.05) is 6.54 Å².